The van der Waals surface area contributed by atoms with Crippen molar-refractivity contribution in [2.75, 3.05) is 44.2 Å². The van der Waals surface area contributed by atoms with Crippen molar-refractivity contribution in [3.63, 3.8) is 0 Å². The van der Waals surface area contributed by atoms with Crippen LogP contribution in [-0.2, 0) is 0 Å². The van der Waals surface area contributed by atoms with E-state index in [1.54, 1.807) is 12.4 Å². The molecule has 156 valence electrons. The Balaban J connectivity index is 1.18. The summed E-state index contributed by atoms with van der Waals surface area (Å²) in [6.07, 6.45) is 2.97. The number of rotatable bonds is 8. The van der Waals surface area contributed by atoms with Gasteiger partial charge in [-0.05, 0) is 42.5 Å². The van der Waals surface area contributed by atoms with E-state index in [0.717, 1.165) is 43.6 Å². The zero-order chi connectivity index (χ0) is 20.6. The van der Waals surface area contributed by atoms with Crippen molar-refractivity contribution in [1.29, 1.82) is 0 Å². The summed E-state index contributed by atoms with van der Waals surface area (Å²) in [6, 6.07) is 18.9. The van der Waals surface area contributed by atoms with Gasteiger partial charge in [-0.3, -0.25) is 4.90 Å². The quantitative estimate of drug-likeness (QED) is 0.617. The van der Waals surface area contributed by atoms with E-state index in [1.807, 2.05) is 60.7 Å². The molecule has 0 bridgehead atoms. The molecular formula is C23H26N4O3. The fourth-order valence-corrected chi connectivity index (χ4v) is 3.36. The lowest BCUT2D eigenvalue weighted by atomic mass is 10.2. The summed E-state index contributed by atoms with van der Waals surface area (Å²) in [6.45, 7) is 4.25. The van der Waals surface area contributed by atoms with Crippen LogP contribution >= 0.6 is 0 Å². The Kier molecular flexibility index (Phi) is 6.74. The van der Waals surface area contributed by atoms with Gasteiger partial charge in [-0.25, -0.2) is 9.97 Å². The molecule has 3 aromatic rings. The number of piperazine rings is 1. The third-order valence-electron chi connectivity index (χ3n) is 4.92. The minimum Gasteiger partial charge on any atom is -0.491 e. The van der Waals surface area contributed by atoms with Crippen molar-refractivity contribution in [2.24, 2.45) is 0 Å². The summed E-state index contributed by atoms with van der Waals surface area (Å²) in [5, 5.41) is 10.4. The van der Waals surface area contributed by atoms with Gasteiger partial charge in [0, 0.05) is 45.1 Å². The lowest BCUT2D eigenvalue weighted by Crippen LogP contribution is -2.49. The first-order chi connectivity index (χ1) is 14.8. The van der Waals surface area contributed by atoms with Gasteiger partial charge in [0.15, 0.2) is 0 Å². The van der Waals surface area contributed by atoms with Crippen LogP contribution in [0.4, 0.5) is 5.95 Å². The Bertz CT molecular complexity index is 885. The summed E-state index contributed by atoms with van der Waals surface area (Å²) >= 11 is 0. The molecule has 0 radical (unpaired) electrons. The number of aromatic nitrogens is 2. The van der Waals surface area contributed by atoms with Crippen LogP contribution in [0.2, 0.25) is 0 Å². The van der Waals surface area contributed by atoms with Crippen LogP contribution in [0.15, 0.2) is 73.1 Å². The second-order valence-corrected chi connectivity index (χ2v) is 7.19. The van der Waals surface area contributed by atoms with Crippen molar-refractivity contribution in [3.8, 4) is 17.2 Å². The maximum atomic E-state index is 10.4. The third kappa shape index (κ3) is 5.68. The number of para-hydroxylation sites is 1. The average molecular weight is 406 g/mol. The van der Waals surface area contributed by atoms with Gasteiger partial charge in [-0.1, -0.05) is 18.2 Å². The molecular weight excluding hydrogens is 380 g/mol. The molecule has 0 aliphatic carbocycles. The first-order valence-electron chi connectivity index (χ1n) is 10.1. The average Bonchev–Trinajstić information content (AvgIpc) is 2.80. The van der Waals surface area contributed by atoms with E-state index < -0.39 is 6.10 Å². The molecule has 1 aliphatic rings. The molecule has 7 heteroatoms. The third-order valence-corrected chi connectivity index (χ3v) is 4.92. The number of β-amino-alcohol motifs (C(OH)–C–C–N with tert-alkyl or cyclic N) is 1. The fourth-order valence-electron chi connectivity index (χ4n) is 3.36. The summed E-state index contributed by atoms with van der Waals surface area (Å²) in [5.41, 5.74) is 0. The molecule has 1 aliphatic heterocycles. The molecule has 4 rings (SSSR count). The molecule has 0 amide bonds. The molecule has 1 saturated heterocycles. The van der Waals surface area contributed by atoms with Gasteiger partial charge in [-0.15, -0.1) is 0 Å². The fraction of sp³-hybridized carbons (Fsp3) is 0.304. The van der Waals surface area contributed by atoms with Crippen LogP contribution < -0.4 is 14.4 Å². The van der Waals surface area contributed by atoms with Crippen LogP contribution in [0.3, 0.4) is 0 Å². The Morgan fingerprint density at radius 2 is 1.43 bits per heavy atom. The first kappa shape index (κ1) is 20.1. The smallest absolute Gasteiger partial charge is 0.225 e. The van der Waals surface area contributed by atoms with Crippen LogP contribution in [0.5, 0.6) is 17.2 Å². The Morgan fingerprint density at radius 1 is 0.800 bits per heavy atom. The highest BCUT2D eigenvalue weighted by molar-refractivity contribution is 5.35. The maximum absolute atomic E-state index is 10.4. The van der Waals surface area contributed by atoms with Crippen molar-refractivity contribution >= 4 is 5.95 Å². The van der Waals surface area contributed by atoms with Crippen molar-refractivity contribution in [1.82, 2.24) is 14.9 Å². The topological polar surface area (TPSA) is 71.0 Å². The number of benzene rings is 2. The van der Waals surface area contributed by atoms with Gasteiger partial charge < -0.3 is 19.5 Å². The number of nitrogens with zero attached hydrogens (tertiary/aromatic N) is 4. The van der Waals surface area contributed by atoms with E-state index in [-0.39, 0.29) is 6.61 Å². The minimum absolute atomic E-state index is 0.251. The molecule has 1 N–H and O–H groups in total. The van der Waals surface area contributed by atoms with Crippen molar-refractivity contribution < 1.29 is 14.6 Å². The number of ether oxygens (including phenoxy) is 2. The number of hydrogen-bond acceptors (Lipinski definition) is 7. The summed E-state index contributed by atoms with van der Waals surface area (Å²) in [4.78, 5) is 13.0. The lowest BCUT2D eigenvalue weighted by Gasteiger charge is -2.35. The van der Waals surface area contributed by atoms with Crippen molar-refractivity contribution in [3.05, 3.63) is 73.1 Å². The highest BCUT2D eigenvalue weighted by Crippen LogP contribution is 2.23. The second kappa shape index (κ2) is 10.0. The molecule has 1 unspecified atom stereocenters. The van der Waals surface area contributed by atoms with E-state index in [1.165, 1.54) is 0 Å². The van der Waals surface area contributed by atoms with E-state index >= 15 is 0 Å². The molecule has 0 saturated carbocycles. The number of aliphatic hydroxyl groups is 1. The molecule has 30 heavy (non-hydrogen) atoms. The molecule has 2 aromatic carbocycles. The number of aliphatic hydroxyl groups excluding tert-OH is 1. The van der Waals surface area contributed by atoms with Crippen LogP contribution in [0.1, 0.15) is 0 Å². The standard InChI is InChI=1S/C23H26N4O3/c28-19(17-26-13-15-27(16-14-26)23-24-11-4-12-25-23)18-29-20-7-9-22(10-8-20)30-21-5-2-1-3-6-21/h1-12,19,28H,13-18H2. The normalized spacial score (nSPS) is 15.6. The monoisotopic (exact) mass is 406 g/mol. The molecule has 1 atom stereocenters. The predicted molar refractivity (Wildman–Crippen MR) is 115 cm³/mol. The zero-order valence-corrected chi connectivity index (χ0v) is 16.8. The van der Waals surface area contributed by atoms with Crippen LogP contribution in [-0.4, -0.2) is 65.4 Å². The van der Waals surface area contributed by atoms with E-state index in [0.29, 0.717) is 12.3 Å². The maximum Gasteiger partial charge on any atom is 0.225 e. The highest BCUT2D eigenvalue weighted by Gasteiger charge is 2.20. The van der Waals surface area contributed by atoms with Gasteiger partial charge in [0.1, 0.15) is 30.0 Å². The Hall–Kier alpha value is -3.16. The molecule has 0 spiro atoms. The number of anilines is 1. The van der Waals surface area contributed by atoms with Crippen molar-refractivity contribution in [2.45, 2.75) is 6.10 Å². The lowest BCUT2D eigenvalue weighted by molar-refractivity contribution is 0.0662. The predicted octanol–water partition coefficient (Wildman–Crippen LogP) is 2.83. The van der Waals surface area contributed by atoms with Crippen LogP contribution in [0.25, 0.3) is 0 Å². The summed E-state index contributed by atoms with van der Waals surface area (Å²) in [5.74, 6) is 3.01. The van der Waals surface area contributed by atoms with E-state index in [2.05, 4.69) is 19.8 Å². The summed E-state index contributed by atoms with van der Waals surface area (Å²) < 4.78 is 11.5. The zero-order valence-electron chi connectivity index (χ0n) is 16.8. The summed E-state index contributed by atoms with van der Waals surface area (Å²) in [7, 11) is 0. The number of hydrogen-bond donors (Lipinski definition) is 1. The molecule has 1 aromatic heterocycles. The SMILES string of the molecule is OC(COc1ccc(Oc2ccccc2)cc1)CN1CCN(c2ncccn2)CC1. The molecule has 2 heterocycles. The molecule has 1 fully saturated rings. The van der Waals surface area contributed by atoms with E-state index in [4.69, 9.17) is 9.47 Å². The second-order valence-electron chi connectivity index (χ2n) is 7.19. The Labute approximate surface area is 176 Å². The van der Waals surface area contributed by atoms with Gasteiger partial charge in [0.25, 0.3) is 0 Å². The minimum atomic E-state index is -0.551. The Morgan fingerprint density at radius 3 is 2.13 bits per heavy atom. The van der Waals surface area contributed by atoms with Gasteiger partial charge >= 0.3 is 0 Å². The van der Waals surface area contributed by atoms with Gasteiger partial charge in [0.05, 0.1) is 0 Å². The van der Waals surface area contributed by atoms with Gasteiger partial charge in [-0.2, -0.15) is 0 Å². The van der Waals surface area contributed by atoms with Gasteiger partial charge in [0.2, 0.25) is 5.95 Å². The highest BCUT2D eigenvalue weighted by atomic mass is 16.5. The molecule has 7 nitrogen and oxygen atoms in total. The van der Waals surface area contributed by atoms with E-state index in [9.17, 15) is 5.11 Å². The largest absolute Gasteiger partial charge is 0.491 e. The first-order valence-corrected chi connectivity index (χ1v) is 10.1. The van der Waals surface area contributed by atoms with Crippen LogP contribution in [0, 0.1) is 0 Å².